The average molecular weight is 450 g/mol. The summed E-state index contributed by atoms with van der Waals surface area (Å²) in [5, 5.41) is 0. The summed E-state index contributed by atoms with van der Waals surface area (Å²) >= 11 is 0. The Balaban J connectivity index is 1.63. The lowest BCUT2D eigenvalue weighted by Crippen LogP contribution is -2.15. The quantitative estimate of drug-likeness (QED) is 0.366. The molecule has 6 rings (SSSR count). The molecule has 0 saturated carbocycles. The van der Waals surface area contributed by atoms with E-state index in [-0.39, 0.29) is 0 Å². The highest BCUT2D eigenvalue weighted by molar-refractivity contribution is 5.88. The van der Waals surface area contributed by atoms with Gasteiger partial charge < -0.3 is 14.2 Å². The molecule has 0 fully saturated rings. The molecule has 170 valence electrons. The zero-order valence-electron chi connectivity index (χ0n) is 19.8. The van der Waals surface area contributed by atoms with Gasteiger partial charge in [-0.1, -0.05) is 12.1 Å². The molecule has 0 amide bonds. The number of benzene rings is 3. The van der Waals surface area contributed by atoms with Gasteiger partial charge in [-0.05, 0) is 108 Å². The molecule has 3 aromatic carbocycles. The van der Waals surface area contributed by atoms with Crippen LogP contribution >= 0.6 is 0 Å². The maximum Gasteiger partial charge on any atom is 0.119 e. The van der Waals surface area contributed by atoms with Crippen LogP contribution in [0.5, 0.6) is 17.2 Å². The van der Waals surface area contributed by atoms with Crippen LogP contribution in [0.4, 0.5) is 0 Å². The van der Waals surface area contributed by atoms with Crippen molar-refractivity contribution < 1.29 is 14.2 Å². The second-order valence-electron chi connectivity index (χ2n) is 8.92. The average Bonchev–Trinajstić information content (AvgIpc) is 2.90. The van der Waals surface area contributed by atoms with Crippen molar-refractivity contribution in [1.29, 1.82) is 0 Å². The molecule has 34 heavy (non-hydrogen) atoms. The SMILES string of the molecule is COc1ccc(-c2c3c(nc4c2CCc2cc(OC)ccc2-4)-c2ccc(OC)cc2CC3)cc1. The third kappa shape index (κ3) is 3.25. The van der Waals surface area contributed by atoms with Crippen molar-refractivity contribution >= 4 is 0 Å². The Hall–Kier alpha value is -3.79. The zero-order valence-corrected chi connectivity index (χ0v) is 19.8. The van der Waals surface area contributed by atoms with Gasteiger partial charge in [-0.25, -0.2) is 4.98 Å². The van der Waals surface area contributed by atoms with Gasteiger partial charge in [0.1, 0.15) is 17.2 Å². The van der Waals surface area contributed by atoms with Gasteiger partial charge in [-0.15, -0.1) is 0 Å². The number of hydrogen-bond acceptors (Lipinski definition) is 4. The zero-order chi connectivity index (χ0) is 23.2. The van der Waals surface area contributed by atoms with Crippen molar-refractivity contribution in [3.8, 4) is 50.9 Å². The molecule has 1 heterocycles. The number of aryl methyl sites for hydroxylation is 2. The molecular formula is C30H27NO3. The summed E-state index contributed by atoms with van der Waals surface area (Å²) in [6, 6.07) is 21.2. The van der Waals surface area contributed by atoms with Gasteiger partial charge in [-0.2, -0.15) is 0 Å². The fraction of sp³-hybridized carbons (Fsp3) is 0.233. The van der Waals surface area contributed by atoms with E-state index < -0.39 is 0 Å². The van der Waals surface area contributed by atoms with Crippen LogP contribution in [0.3, 0.4) is 0 Å². The van der Waals surface area contributed by atoms with Crippen LogP contribution in [-0.2, 0) is 25.7 Å². The molecule has 2 aliphatic carbocycles. The van der Waals surface area contributed by atoms with E-state index in [9.17, 15) is 0 Å². The van der Waals surface area contributed by atoms with E-state index in [4.69, 9.17) is 19.2 Å². The monoisotopic (exact) mass is 449 g/mol. The molecule has 0 atom stereocenters. The standard InChI is InChI=1S/C30H27NO3/c1-32-21-8-4-18(5-9-21)28-26-12-6-19-16-22(33-2)10-14-24(19)29(26)31-30-25-15-11-23(34-3)17-20(25)7-13-27(28)30/h4-5,8-11,14-17H,6-7,12-13H2,1-3H3. The molecule has 0 radical (unpaired) electrons. The van der Waals surface area contributed by atoms with E-state index in [1.807, 2.05) is 12.1 Å². The second-order valence-corrected chi connectivity index (χ2v) is 8.92. The second kappa shape index (κ2) is 8.21. The Labute approximate surface area is 200 Å². The van der Waals surface area contributed by atoms with Crippen LogP contribution in [-0.4, -0.2) is 26.3 Å². The Bertz CT molecular complexity index is 1320. The summed E-state index contributed by atoms with van der Waals surface area (Å²) in [7, 11) is 5.15. The van der Waals surface area contributed by atoms with Gasteiger partial charge in [0, 0.05) is 11.1 Å². The van der Waals surface area contributed by atoms with Gasteiger partial charge in [-0.3, -0.25) is 0 Å². The summed E-state index contributed by atoms with van der Waals surface area (Å²) in [6.07, 6.45) is 3.90. The third-order valence-corrected chi connectivity index (χ3v) is 7.20. The first-order valence-corrected chi connectivity index (χ1v) is 11.7. The predicted molar refractivity (Wildman–Crippen MR) is 135 cm³/mol. The van der Waals surface area contributed by atoms with Gasteiger partial charge in [0.25, 0.3) is 0 Å². The van der Waals surface area contributed by atoms with Crippen molar-refractivity contribution in [1.82, 2.24) is 4.98 Å². The summed E-state index contributed by atoms with van der Waals surface area (Å²) in [5.41, 5.74) is 12.5. The lowest BCUT2D eigenvalue weighted by atomic mass is 9.78. The van der Waals surface area contributed by atoms with E-state index in [0.717, 1.165) is 54.3 Å². The molecule has 0 bridgehead atoms. The van der Waals surface area contributed by atoms with E-state index in [1.54, 1.807) is 21.3 Å². The van der Waals surface area contributed by atoms with Crippen LogP contribution in [0.15, 0.2) is 60.7 Å². The van der Waals surface area contributed by atoms with Crippen molar-refractivity contribution in [3.63, 3.8) is 0 Å². The Morgan fingerprint density at radius 2 is 1.03 bits per heavy atom. The first kappa shape index (κ1) is 20.8. The molecule has 4 heteroatoms. The Kier molecular flexibility index (Phi) is 5.02. The van der Waals surface area contributed by atoms with Crippen molar-refractivity contribution in [2.45, 2.75) is 25.7 Å². The summed E-state index contributed by atoms with van der Waals surface area (Å²) < 4.78 is 16.4. The molecular weight excluding hydrogens is 422 g/mol. The molecule has 0 aliphatic heterocycles. The normalized spacial score (nSPS) is 13.3. The molecule has 2 aliphatic rings. The smallest absolute Gasteiger partial charge is 0.119 e. The minimum Gasteiger partial charge on any atom is -0.497 e. The molecule has 0 spiro atoms. The highest BCUT2D eigenvalue weighted by atomic mass is 16.5. The topological polar surface area (TPSA) is 40.6 Å². The number of nitrogens with zero attached hydrogens (tertiary/aromatic N) is 1. The molecule has 0 saturated heterocycles. The lowest BCUT2D eigenvalue weighted by Gasteiger charge is -2.29. The van der Waals surface area contributed by atoms with Crippen LogP contribution in [0.2, 0.25) is 0 Å². The number of fused-ring (bicyclic) bond motifs is 6. The fourth-order valence-corrected chi connectivity index (χ4v) is 5.49. The van der Waals surface area contributed by atoms with E-state index in [2.05, 4.69) is 48.5 Å². The number of rotatable bonds is 4. The van der Waals surface area contributed by atoms with Crippen LogP contribution in [0, 0.1) is 0 Å². The number of methoxy groups -OCH3 is 3. The number of aromatic nitrogens is 1. The van der Waals surface area contributed by atoms with E-state index in [0.29, 0.717) is 0 Å². The summed E-state index contributed by atoms with van der Waals surface area (Å²) in [5.74, 6) is 2.66. The number of ether oxygens (including phenoxy) is 3. The van der Waals surface area contributed by atoms with Crippen LogP contribution in [0.1, 0.15) is 22.3 Å². The number of pyridine rings is 1. The van der Waals surface area contributed by atoms with E-state index >= 15 is 0 Å². The van der Waals surface area contributed by atoms with Crippen molar-refractivity contribution in [3.05, 3.63) is 82.9 Å². The Morgan fingerprint density at radius 1 is 0.559 bits per heavy atom. The molecule has 4 aromatic rings. The lowest BCUT2D eigenvalue weighted by molar-refractivity contribution is 0.414. The molecule has 0 unspecified atom stereocenters. The van der Waals surface area contributed by atoms with Gasteiger partial charge in [0.2, 0.25) is 0 Å². The minimum atomic E-state index is 0.871. The van der Waals surface area contributed by atoms with Gasteiger partial charge in [0.05, 0.1) is 32.7 Å². The highest BCUT2D eigenvalue weighted by Gasteiger charge is 2.29. The van der Waals surface area contributed by atoms with Crippen LogP contribution < -0.4 is 14.2 Å². The van der Waals surface area contributed by atoms with E-state index in [1.165, 1.54) is 44.5 Å². The first-order valence-electron chi connectivity index (χ1n) is 11.7. The molecule has 1 aromatic heterocycles. The molecule has 4 nitrogen and oxygen atoms in total. The van der Waals surface area contributed by atoms with Crippen molar-refractivity contribution in [2.75, 3.05) is 21.3 Å². The summed E-state index contributed by atoms with van der Waals surface area (Å²) in [6.45, 7) is 0. The largest absolute Gasteiger partial charge is 0.497 e. The minimum absolute atomic E-state index is 0.871. The maximum absolute atomic E-state index is 5.50. The fourth-order valence-electron chi connectivity index (χ4n) is 5.49. The third-order valence-electron chi connectivity index (χ3n) is 7.20. The van der Waals surface area contributed by atoms with Crippen molar-refractivity contribution in [2.24, 2.45) is 0 Å². The van der Waals surface area contributed by atoms with Gasteiger partial charge >= 0.3 is 0 Å². The Morgan fingerprint density at radius 3 is 1.50 bits per heavy atom. The van der Waals surface area contributed by atoms with Gasteiger partial charge in [0.15, 0.2) is 0 Å². The molecule has 0 N–H and O–H groups in total. The predicted octanol–water partition coefficient (Wildman–Crippen LogP) is 6.31. The first-order chi connectivity index (χ1) is 16.7. The summed E-state index contributed by atoms with van der Waals surface area (Å²) in [4.78, 5) is 5.36. The maximum atomic E-state index is 5.50. The number of hydrogen-bond donors (Lipinski definition) is 0. The van der Waals surface area contributed by atoms with Crippen LogP contribution in [0.25, 0.3) is 33.6 Å². The highest BCUT2D eigenvalue weighted by Crippen LogP contribution is 2.46.